The van der Waals surface area contributed by atoms with Gasteiger partial charge in [0.1, 0.15) is 17.4 Å². The van der Waals surface area contributed by atoms with Crippen molar-refractivity contribution in [1.82, 2.24) is 10.6 Å². The second-order valence-corrected chi connectivity index (χ2v) is 8.04. The molecule has 4 rings (SSSR count). The first-order chi connectivity index (χ1) is 16.1. The summed E-state index contributed by atoms with van der Waals surface area (Å²) in [6.07, 6.45) is -5.33. The van der Waals surface area contributed by atoms with Gasteiger partial charge in [0.05, 0.1) is 6.04 Å². The van der Waals surface area contributed by atoms with Crippen LogP contribution in [0.5, 0.6) is 11.5 Å². The number of hydrogen-bond donors (Lipinski definition) is 3. The molecule has 34 heavy (non-hydrogen) atoms. The molecule has 176 valence electrons. The maximum absolute atomic E-state index is 14.1. The fraction of sp³-hybridized carbons (Fsp3) is 0.200. The molecule has 0 saturated carbocycles. The molecule has 0 unspecified atom stereocenters. The molecule has 0 radical (unpaired) electrons. The predicted molar refractivity (Wildman–Crippen MR) is 117 cm³/mol. The largest absolute Gasteiger partial charge is 0.457 e. The Hall–Kier alpha value is -3.85. The number of para-hydroxylation sites is 1. The molecule has 0 bridgehead atoms. The fourth-order valence-corrected chi connectivity index (χ4v) is 3.91. The van der Waals surface area contributed by atoms with Crippen molar-refractivity contribution in [3.63, 3.8) is 0 Å². The predicted octanol–water partition coefficient (Wildman–Crippen LogP) is 4.89. The number of aryl methyl sites for hydroxylation is 1. The number of amides is 2. The van der Waals surface area contributed by atoms with Crippen molar-refractivity contribution in [2.75, 3.05) is 0 Å². The SMILES string of the molecule is Cc1ccc(C(=O)[C@H]2[C@@H](c3cccc(Oc4ccccc4)c3)NC(=O)N[C@@]2(O)C(F)(F)F)cc1. The lowest BCUT2D eigenvalue weighted by atomic mass is 9.77. The molecule has 0 spiro atoms. The van der Waals surface area contributed by atoms with E-state index in [0.717, 1.165) is 5.56 Å². The lowest BCUT2D eigenvalue weighted by Gasteiger charge is -2.45. The van der Waals surface area contributed by atoms with Crippen LogP contribution in [0.3, 0.4) is 0 Å². The number of carbonyl (C=O) groups excluding carboxylic acids is 2. The molecular formula is C25H21F3N2O4. The smallest absolute Gasteiger partial charge is 0.437 e. The van der Waals surface area contributed by atoms with Crippen LogP contribution in [-0.4, -0.2) is 28.8 Å². The number of ketones is 1. The normalized spacial score (nSPS) is 22.4. The van der Waals surface area contributed by atoms with Gasteiger partial charge in [-0.15, -0.1) is 0 Å². The Balaban J connectivity index is 1.78. The van der Waals surface area contributed by atoms with Gasteiger partial charge in [-0.2, -0.15) is 13.2 Å². The summed E-state index contributed by atoms with van der Waals surface area (Å²) in [5.74, 6) is -2.31. The quantitative estimate of drug-likeness (QED) is 0.464. The van der Waals surface area contributed by atoms with Crippen molar-refractivity contribution in [1.29, 1.82) is 0 Å². The van der Waals surface area contributed by atoms with Crippen LogP contribution in [0.15, 0.2) is 78.9 Å². The van der Waals surface area contributed by atoms with Crippen LogP contribution in [0.4, 0.5) is 18.0 Å². The number of benzene rings is 3. The number of aliphatic hydroxyl groups is 1. The first kappa shape index (κ1) is 23.3. The van der Waals surface area contributed by atoms with Gasteiger partial charge >= 0.3 is 12.2 Å². The van der Waals surface area contributed by atoms with E-state index in [2.05, 4.69) is 5.32 Å². The molecule has 6 nitrogen and oxygen atoms in total. The Morgan fingerprint density at radius 1 is 0.971 bits per heavy atom. The van der Waals surface area contributed by atoms with Crippen LogP contribution in [0.1, 0.15) is 27.5 Å². The Kier molecular flexibility index (Phi) is 6.05. The van der Waals surface area contributed by atoms with Crippen molar-refractivity contribution in [2.45, 2.75) is 24.9 Å². The van der Waals surface area contributed by atoms with Gasteiger partial charge in [-0.3, -0.25) is 4.79 Å². The van der Waals surface area contributed by atoms with E-state index in [1.165, 1.54) is 35.6 Å². The van der Waals surface area contributed by atoms with Gasteiger partial charge in [-0.25, -0.2) is 4.79 Å². The molecule has 1 saturated heterocycles. The molecule has 3 N–H and O–H groups in total. The average molecular weight is 470 g/mol. The van der Waals surface area contributed by atoms with E-state index in [4.69, 9.17) is 4.74 Å². The molecule has 0 aromatic heterocycles. The molecule has 1 aliphatic heterocycles. The Labute approximate surface area is 193 Å². The minimum absolute atomic E-state index is 0.0297. The van der Waals surface area contributed by atoms with Gasteiger partial charge in [-0.1, -0.05) is 60.2 Å². The Morgan fingerprint density at radius 3 is 2.26 bits per heavy atom. The van der Waals surface area contributed by atoms with Crippen molar-refractivity contribution in [2.24, 2.45) is 5.92 Å². The van der Waals surface area contributed by atoms with E-state index in [9.17, 15) is 27.9 Å². The van der Waals surface area contributed by atoms with E-state index in [1.807, 2.05) is 0 Å². The van der Waals surface area contributed by atoms with Crippen LogP contribution in [0.25, 0.3) is 0 Å². The van der Waals surface area contributed by atoms with Crippen molar-refractivity contribution in [3.8, 4) is 11.5 Å². The molecular weight excluding hydrogens is 449 g/mol. The van der Waals surface area contributed by atoms with Gasteiger partial charge in [0.2, 0.25) is 5.72 Å². The molecule has 1 fully saturated rings. The van der Waals surface area contributed by atoms with Crippen LogP contribution >= 0.6 is 0 Å². The van der Waals surface area contributed by atoms with E-state index in [-0.39, 0.29) is 16.9 Å². The minimum Gasteiger partial charge on any atom is -0.457 e. The van der Waals surface area contributed by atoms with Gasteiger partial charge in [0.15, 0.2) is 5.78 Å². The molecule has 3 aromatic rings. The summed E-state index contributed by atoms with van der Waals surface area (Å²) in [4.78, 5) is 25.6. The van der Waals surface area contributed by atoms with Gasteiger partial charge in [0, 0.05) is 5.56 Å². The van der Waals surface area contributed by atoms with Crippen molar-refractivity contribution >= 4 is 11.8 Å². The summed E-state index contributed by atoms with van der Waals surface area (Å²) in [5, 5.41) is 14.6. The topological polar surface area (TPSA) is 87.7 Å². The number of nitrogens with one attached hydrogen (secondary N) is 2. The third-order valence-electron chi connectivity index (χ3n) is 5.62. The van der Waals surface area contributed by atoms with Crippen LogP contribution in [0.2, 0.25) is 0 Å². The number of Topliss-reactive ketones (excluding diaryl/α,β-unsaturated/α-hetero) is 1. The number of carbonyl (C=O) groups is 2. The van der Waals surface area contributed by atoms with Crippen molar-refractivity contribution < 1.29 is 32.6 Å². The summed E-state index contributed by atoms with van der Waals surface area (Å²) >= 11 is 0. The van der Waals surface area contributed by atoms with Crippen LogP contribution in [-0.2, 0) is 0 Å². The summed E-state index contributed by atoms with van der Waals surface area (Å²) < 4.78 is 48.0. The maximum Gasteiger partial charge on any atom is 0.437 e. The second kappa shape index (κ2) is 8.83. The molecule has 1 aliphatic rings. The maximum atomic E-state index is 14.1. The summed E-state index contributed by atoms with van der Waals surface area (Å²) in [5.41, 5.74) is -2.85. The zero-order valence-electron chi connectivity index (χ0n) is 18.0. The van der Waals surface area contributed by atoms with E-state index in [1.54, 1.807) is 55.5 Å². The minimum atomic E-state index is -5.33. The highest BCUT2D eigenvalue weighted by molar-refractivity contribution is 6.00. The Morgan fingerprint density at radius 2 is 1.62 bits per heavy atom. The van der Waals surface area contributed by atoms with Gasteiger partial charge in [-0.05, 0) is 36.8 Å². The number of rotatable bonds is 5. The van der Waals surface area contributed by atoms with Gasteiger partial charge < -0.3 is 20.5 Å². The lowest BCUT2D eigenvalue weighted by molar-refractivity contribution is -0.287. The molecule has 3 atom stereocenters. The van der Waals surface area contributed by atoms with E-state index < -0.39 is 35.7 Å². The fourth-order valence-electron chi connectivity index (χ4n) is 3.91. The first-order valence-electron chi connectivity index (χ1n) is 10.4. The number of alkyl halides is 3. The second-order valence-electron chi connectivity index (χ2n) is 8.04. The van der Waals surface area contributed by atoms with Gasteiger partial charge in [0.25, 0.3) is 0 Å². The number of urea groups is 1. The highest BCUT2D eigenvalue weighted by Crippen LogP contribution is 2.44. The summed E-state index contributed by atoms with van der Waals surface area (Å²) in [6, 6.07) is 17.9. The highest BCUT2D eigenvalue weighted by Gasteiger charge is 2.66. The molecule has 3 aromatic carbocycles. The zero-order chi connectivity index (χ0) is 24.5. The third kappa shape index (κ3) is 4.47. The number of ether oxygens (including phenoxy) is 1. The molecule has 9 heteroatoms. The standard InChI is InChI=1S/C25H21F3N2O4/c1-15-10-12-16(13-11-15)22(31)20-21(29-23(32)30-24(20,33)25(26,27)28)17-6-5-9-19(14-17)34-18-7-3-2-4-8-18/h2-14,20-21,33H,1H3,(H2,29,30,32)/t20-,21-,24+/m1/s1. The number of halogens is 3. The molecule has 2 amide bonds. The summed E-state index contributed by atoms with van der Waals surface area (Å²) in [6.45, 7) is 1.77. The van der Waals surface area contributed by atoms with E-state index >= 15 is 0 Å². The Bertz CT molecular complexity index is 1200. The first-order valence-corrected chi connectivity index (χ1v) is 10.4. The molecule has 0 aliphatic carbocycles. The molecule has 1 heterocycles. The average Bonchev–Trinajstić information content (AvgIpc) is 2.79. The summed E-state index contributed by atoms with van der Waals surface area (Å²) in [7, 11) is 0. The lowest BCUT2D eigenvalue weighted by Crippen LogP contribution is -2.72. The van der Waals surface area contributed by atoms with E-state index in [0.29, 0.717) is 5.75 Å². The third-order valence-corrected chi connectivity index (χ3v) is 5.62. The monoisotopic (exact) mass is 470 g/mol. The number of hydrogen-bond acceptors (Lipinski definition) is 4. The zero-order valence-corrected chi connectivity index (χ0v) is 18.0. The van der Waals surface area contributed by atoms with Crippen LogP contribution in [0, 0.1) is 12.8 Å². The van der Waals surface area contributed by atoms with Crippen molar-refractivity contribution in [3.05, 3.63) is 95.6 Å². The van der Waals surface area contributed by atoms with Crippen LogP contribution < -0.4 is 15.4 Å². The highest BCUT2D eigenvalue weighted by atomic mass is 19.4.